The van der Waals surface area contributed by atoms with E-state index < -0.39 is 13.6 Å². The molecule has 23 heavy (non-hydrogen) atoms. The normalized spacial score (nSPS) is 11.4. The molecule has 0 amide bonds. The number of hydrogen-bond donors (Lipinski definition) is 0. The minimum atomic E-state index is -3.35. The molecule has 0 rings (SSSR count). The van der Waals surface area contributed by atoms with Crippen LogP contribution in [0.25, 0.3) is 0 Å². The van der Waals surface area contributed by atoms with Crippen molar-refractivity contribution >= 4 is 19.9 Å². The van der Waals surface area contributed by atoms with Crippen LogP contribution in [0.4, 0.5) is 0 Å². The summed E-state index contributed by atoms with van der Waals surface area (Å²) in [5.74, 6) is -0.538. The van der Waals surface area contributed by atoms with Crippen molar-refractivity contribution in [1.29, 1.82) is 0 Å². The lowest BCUT2D eigenvalue weighted by atomic mass is 10.1. The molecule has 0 aliphatic carbocycles. The predicted molar refractivity (Wildman–Crippen MR) is 89.7 cm³/mol. The zero-order valence-corrected chi connectivity index (χ0v) is 15.4. The van der Waals surface area contributed by atoms with Crippen LogP contribution in [0, 0.1) is 0 Å². The van der Waals surface area contributed by atoms with Crippen LogP contribution in [-0.4, -0.2) is 38.2 Å². The van der Waals surface area contributed by atoms with E-state index in [1.807, 2.05) is 0 Å². The summed E-state index contributed by atoms with van der Waals surface area (Å²) in [5.41, 5.74) is 0. The highest BCUT2D eigenvalue weighted by molar-refractivity contribution is 7.54. The quantitative estimate of drug-likeness (QED) is 0.180. The van der Waals surface area contributed by atoms with Gasteiger partial charge in [-0.15, -0.1) is 0 Å². The molecule has 0 saturated carbocycles. The average Bonchev–Trinajstić information content (AvgIpc) is 2.49. The molecule has 0 aliphatic heterocycles. The third kappa shape index (κ3) is 13.4. The molecular formula is C16H31O6P. The molecule has 0 heterocycles. The Labute approximate surface area is 139 Å². The Kier molecular flexibility index (Phi) is 14.4. The van der Waals surface area contributed by atoms with Crippen LogP contribution in [0.15, 0.2) is 0 Å². The maximum atomic E-state index is 12.1. The number of ether oxygens (including phenoxy) is 1. The summed E-state index contributed by atoms with van der Waals surface area (Å²) in [5, 5.41) is 0. The largest absolute Gasteiger partial charge is 0.465 e. The lowest BCUT2D eigenvalue weighted by Crippen LogP contribution is -2.14. The van der Waals surface area contributed by atoms with Gasteiger partial charge in [-0.25, -0.2) is 0 Å². The van der Waals surface area contributed by atoms with E-state index in [1.54, 1.807) is 13.8 Å². The lowest BCUT2D eigenvalue weighted by molar-refractivity contribution is -0.141. The number of aldehydes is 1. The molecule has 0 aromatic heterocycles. The van der Waals surface area contributed by atoms with Gasteiger partial charge in [0.05, 0.1) is 19.8 Å². The summed E-state index contributed by atoms with van der Waals surface area (Å²) in [6.45, 7) is 4.21. The van der Waals surface area contributed by atoms with Crippen molar-refractivity contribution in [3.05, 3.63) is 0 Å². The van der Waals surface area contributed by atoms with Crippen molar-refractivity contribution in [2.45, 2.75) is 65.2 Å². The first-order valence-corrected chi connectivity index (χ1v) is 10.3. The number of esters is 1. The van der Waals surface area contributed by atoms with Gasteiger partial charge < -0.3 is 18.6 Å². The molecular weight excluding hydrogens is 319 g/mol. The van der Waals surface area contributed by atoms with E-state index in [0.29, 0.717) is 13.0 Å². The van der Waals surface area contributed by atoms with E-state index in [9.17, 15) is 14.2 Å². The summed E-state index contributed by atoms with van der Waals surface area (Å²) in [6.07, 6.45) is 8.52. The second-order valence-electron chi connectivity index (χ2n) is 5.26. The highest BCUT2D eigenvalue weighted by atomic mass is 31.2. The Balaban J connectivity index is 3.62. The molecule has 7 heteroatoms. The van der Waals surface area contributed by atoms with Crippen LogP contribution >= 0.6 is 7.60 Å². The highest BCUT2D eigenvalue weighted by Crippen LogP contribution is 2.47. The van der Waals surface area contributed by atoms with Gasteiger partial charge >= 0.3 is 13.6 Å². The Morgan fingerprint density at radius 3 is 1.96 bits per heavy atom. The fraction of sp³-hybridized carbons (Fsp3) is 0.875. The van der Waals surface area contributed by atoms with Crippen LogP contribution in [-0.2, 0) is 27.9 Å². The molecule has 0 aromatic carbocycles. The van der Waals surface area contributed by atoms with Crippen molar-refractivity contribution in [2.75, 3.05) is 26.0 Å². The third-order valence-corrected chi connectivity index (χ3v) is 5.15. The van der Waals surface area contributed by atoms with E-state index in [1.165, 1.54) is 0 Å². The van der Waals surface area contributed by atoms with E-state index in [0.717, 1.165) is 51.2 Å². The molecule has 0 aromatic rings. The second kappa shape index (κ2) is 14.9. The number of rotatable bonds is 16. The van der Waals surface area contributed by atoms with Gasteiger partial charge in [-0.1, -0.05) is 32.1 Å². The minimum absolute atomic E-state index is 0.234. The smallest absolute Gasteiger partial charge is 0.341 e. The van der Waals surface area contributed by atoms with Crippen molar-refractivity contribution in [3.8, 4) is 0 Å². The van der Waals surface area contributed by atoms with Gasteiger partial charge in [0.15, 0.2) is 0 Å². The van der Waals surface area contributed by atoms with E-state index in [2.05, 4.69) is 0 Å². The minimum Gasteiger partial charge on any atom is -0.465 e. The molecule has 0 N–H and O–H groups in total. The van der Waals surface area contributed by atoms with Gasteiger partial charge in [0.2, 0.25) is 0 Å². The van der Waals surface area contributed by atoms with E-state index in [4.69, 9.17) is 13.8 Å². The second-order valence-corrected chi connectivity index (χ2v) is 7.31. The van der Waals surface area contributed by atoms with Crippen LogP contribution < -0.4 is 0 Å². The van der Waals surface area contributed by atoms with Crippen LogP contribution in [0.5, 0.6) is 0 Å². The van der Waals surface area contributed by atoms with Crippen LogP contribution in [0.1, 0.15) is 65.2 Å². The predicted octanol–water partition coefficient (Wildman–Crippen LogP) is 4.12. The molecule has 0 aliphatic rings. The molecule has 136 valence electrons. The number of unbranched alkanes of at least 4 members (excludes halogenated alkanes) is 7. The molecule has 0 atom stereocenters. The fourth-order valence-corrected chi connectivity index (χ4v) is 3.58. The van der Waals surface area contributed by atoms with Crippen molar-refractivity contribution < 1.29 is 27.9 Å². The number of carbonyl (C=O) groups is 2. The Morgan fingerprint density at radius 2 is 1.43 bits per heavy atom. The Bertz CT molecular complexity index is 348. The van der Waals surface area contributed by atoms with Crippen LogP contribution in [0.2, 0.25) is 0 Å². The average molecular weight is 350 g/mol. The summed E-state index contributed by atoms with van der Waals surface area (Å²) in [6, 6.07) is 0. The van der Waals surface area contributed by atoms with Gasteiger partial charge in [0.1, 0.15) is 12.4 Å². The Hall–Kier alpha value is -0.710. The maximum absolute atomic E-state index is 12.1. The SMILES string of the molecule is CCOP(=O)(CC(=O)OCCCCCCCCCC=O)OCC. The van der Waals surface area contributed by atoms with Gasteiger partial charge in [-0.3, -0.25) is 9.36 Å². The molecule has 0 fully saturated rings. The zero-order valence-electron chi connectivity index (χ0n) is 14.5. The number of hydrogen-bond acceptors (Lipinski definition) is 6. The van der Waals surface area contributed by atoms with Crippen molar-refractivity contribution in [2.24, 2.45) is 0 Å². The van der Waals surface area contributed by atoms with Gasteiger partial charge in [0, 0.05) is 6.42 Å². The van der Waals surface area contributed by atoms with E-state index >= 15 is 0 Å². The van der Waals surface area contributed by atoms with Crippen LogP contribution in [0.3, 0.4) is 0 Å². The molecule has 6 nitrogen and oxygen atoms in total. The highest BCUT2D eigenvalue weighted by Gasteiger charge is 2.28. The van der Waals surface area contributed by atoms with Crippen molar-refractivity contribution in [3.63, 3.8) is 0 Å². The fourth-order valence-electron chi connectivity index (χ4n) is 2.13. The molecule has 0 saturated heterocycles. The summed E-state index contributed by atoms with van der Waals surface area (Å²) < 4.78 is 27.3. The molecule has 0 spiro atoms. The molecule has 0 bridgehead atoms. The third-order valence-electron chi connectivity index (χ3n) is 3.20. The first-order chi connectivity index (χ1) is 11.1. The lowest BCUT2D eigenvalue weighted by Gasteiger charge is -2.16. The first kappa shape index (κ1) is 22.3. The maximum Gasteiger partial charge on any atom is 0.341 e. The van der Waals surface area contributed by atoms with Crippen molar-refractivity contribution in [1.82, 2.24) is 0 Å². The van der Waals surface area contributed by atoms with Gasteiger partial charge in [0.25, 0.3) is 0 Å². The van der Waals surface area contributed by atoms with Gasteiger partial charge in [-0.2, -0.15) is 0 Å². The zero-order chi connectivity index (χ0) is 17.4. The molecule has 0 unspecified atom stereocenters. The standard InChI is InChI=1S/C16H31O6P/c1-3-21-23(19,22-4-2)15-16(18)20-14-12-10-8-6-5-7-9-11-13-17/h13H,3-12,14-15H2,1-2H3. The topological polar surface area (TPSA) is 78.9 Å². The first-order valence-electron chi connectivity index (χ1n) is 8.55. The van der Waals surface area contributed by atoms with E-state index in [-0.39, 0.29) is 19.4 Å². The summed E-state index contributed by atoms with van der Waals surface area (Å²) in [4.78, 5) is 21.8. The summed E-state index contributed by atoms with van der Waals surface area (Å²) >= 11 is 0. The summed E-state index contributed by atoms with van der Waals surface area (Å²) in [7, 11) is -3.35. The number of carbonyl (C=O) groups excluding carboxylic acids is 2. The van der Waals surface area contributed by atoms with Gasteiger partial charge in [-0.05, 0) is 26.7 Å². The molecule has 0 radical (unpaired) electrons. The monoisotopic (exact) mass is 350 g/mol. The Morgan fingerprint density at radius 1 is 0.913 bits per heavy atom.